The first kappa shape index (κ1) is 14.7. The molecule has 5 heteroatoms. The minimum Gasteiger partial charge on any atom is -0.338 e. The molecule has 118 valence electrons. The Kier molecular flexibility index (Phi) is 3.60. The quantitative estimate of drug-likeness (QED) is 0.846. The first-order valence-electron chi connectivity index (χ1n) is 7.64. The van der Waals surface area contributed by atoms with Gasteiger partial charge in [-0.25, -0.2) is 0 Å². The zero-order valence-corrected chi connectivity index (χ0v) is 13.3. The Hall–Kier alpha value is -1.88. The summed E-state index contributed by atoms with van der Waals surface area (Å²) in [5.41, 5.74) is 2.58. The van der Waals surface area contributed by atoms with E-state index in [9.17, 15) is 4.79 Å². The number of rotatable bonds is 2. The van der Waals surface area contributed by atoms with Crippen molar-refractivity contribution in [2.45, 2.75) is 18.8 Å². The Balaban J connectivity index is 1.75. The van der Waals surface area contributed by atoms with Gasteiger partial charge in [-0.1, -0.05) is 41.9 Å². The van der Waals surface area contributed by atoms with Gasteiger partial charge in [0.1, 0.15) is 0 Å². The van der Waals surface area contributed by atoms with Crippen molar-refractivity contribution >= 4 is 23.2 Å². The van der Waals surface area contributed by atoms with Gasteiger partial charge in [0.2, 0.25) is 0 Å². The van der Waals surface area contributed by atoms with Crippen LogP contribution in [0.1, 0.15) is 17.5 Å². The molecule has 0 saturated carbocycles. The number of halogens is 1. The molecule has 2 aliphatic heterocycles. The van der Waals surface area contributed by atoms with Gasteiger partial charge in [-0.3, -0.25) is 4.79 Å². The van der Waals surface area contributed by atoms with Crippen LogP contribution in [0, 0.1) is 0 Å². The Bertz CT molecular complexity index is 755. The SMILES string of the molecule is O=C1N(Cc2cccc(Cl)c2)c2ccccc2C12OCCCO2. The van der Waals surface area contributed by atoms with Crippen LogP contribution < -0.4 is 4.90 Å². The maximum atomic E-state index is 13.1. The normalized spacial score (nSPS) is 19.2. The standard InChI is InChI=1S/C18H16ClNO3/c19-14-6-3-5-13(11-14)12-20-16-8-2-1-7-15(16)18(17(20)21)22-9-4-10-23-18/h1-3,5-8,11H,4,9-10,12H2. The van der Waals surface area contributed by atoms with Crippen LogP contribution in [0.15, 0.2) is 48.5 Å². The molecule has 1 fully saturated rings. The topological polar surface area (TPSA) is 38.8 Å². The van der Waals surface area contributed by atoms with Crippen molar-refractivity contribution in [3.05, 3.63) is 64.7 Å². The van der Waals surface area contributed by atoms with Gasteiger partial charge in [0.25, 0.3) is 11.7 Å². The maximum Gasteiger partial charge on any atom is 0.292 e. The number of fused-ring (bicyclic) bond motifs is 2. The molecule has 1 amide bonds. The highest BCUT2D eigenvalue weighted by molar-refractivity contribution is 6.30. The molecule has 2 aliphatic rings. The molecule has 0 aliphatic carbocycles. The molecule has 4 nitrogen and oxygen atoms in total. The van der Waals surface area contributed by atoms with Crippen LogP contribution in [0.3, 0.4) is 0 Å². The number of carbonyl (C=O) groups excluding carboxylic acids is 1. The van der Waals surface area contributed by atoms with Crippen LogP contribution in [0.4, 0.5) is 5.69 Å². The van der Waals surface area contributed by atoms with Crippen LogP contribution in [0.25, 0.3) is 0 Å². The molecule has 1 spiro atoms. The zero-order chi connectivity index (χ0) is 15.9. The molecule has 0 unspecified atom stereocenters. The van der Waals surface area contributed by atoms with Gasteiger partial charge in [-0.15, -0.1) is 0 Å². The summed E-state index contributed by atoms with van der Waals surface area (Å²) in [4.78, 5) is 14.8. The summed E-state index contributed by atoms with van der Waals surface area (Å²) in [6, 6.07) is 15.2. The molecule has 1 saturated heterocycles. The molecule has 0 bridgehead atoms. The first-order valence-corrected chi connectivity index (χ1v) is 8.02. The van der Waals surface area contributed by atoms with Gasteiger partial charge in [0.05, 0.1) is 25.4 Å². The second-order valence-corrected chi connectivity index (χ2v) is 6.14. The Morgan fingerprint density at radius 2 is 1.87 bits per heavy atom. The summed E-state index contributed by atoms with van der Waals surface area (Å²) in [5.74, 6) is -1.45. The number of amides is 1. The van der Waals surface area contributed by atoms with Crippen molar-refractivity contribution < 1.29 is 14.3 Å². The fourth-order valence-corrected chi connectivity index (χ4v) is 3.39. The summed E-state index contributed by atoms with van der Waals surface area (Å²) in [6.07, 6.45) is 0.797. The van der Waals surface area contributed by atoms with E-state index in [1.165, 1.54) is 0 Å². The lowest BCUT2D eigenvalue weighted by atomic mass is 10.1. The minimum atomic E-state index is -1.28. The molecule has 0 aromatic heterocycles. The second-order valence-electron chi connectivity index (χ2n) is 5.71. The average molecular weight is 330 g/mol. The number of carbonyl (C=O) groups is 1. The lowest BCUT2D eigenvalue weighted by Crippen LogP contribution is -2.47. The van der Waals surface area contributed by atoms with Crippen LogP contribution in [-0.4, -0.2) is 19.1 Å². The van der Waals surface area contributed by atoms with Crippen LogP contribution in [0.2, 0.25) is 5.02 Å². The van der Waals surface area contributed by atoms with Crippen molar-refractivity contribution in [2.75, 3.05) is 18.1 Å². The predicted octanol–water partition coefficient (Wildman–Crippen LogP) is 3.48. The maximum absolute atomic E-state index is 13.1. The van der Waals surface area contributed by atoms with Crippen LogP contribution in [-0.2, 0) is 26.6 Å². The fraction of sp³-hybridized carbons (Fsp3) is 0.278. The molecule has 2 aromatic rings. The lowest BCUT2D eigenvalue weighted by Gasteiger charge is -2.32. The molecular formula is C18H16ClNO3. The van der Waals surface area contributed by atoms with Crippen molar-refractivity contribution in [1.82, 2.24) is 0 Å². The highest BCUT2D eigenvalue weighted by Gasteiger charge is 2.54. The highest BCUT2D eigenvalue weighted by atomic mass is 35.5. The lowest BCUT2D eigenvalue weighted by molar-refractivity contribution is -0.256. The number of para-hydroxylation sites is 1. The van der Waals surface area contributed by atoms with E-state index in [0.717, 1.165) is 23.2 Å². The Morgan fingerprint density at radius 1 is 1.09 bits per heavy atom. The van der Waals surface area contributed by atoms with Crippen LogP contribution >= 0.6 is 11.6 Å². The third-order valence-corrected chi connectivity index (χ3v) is 4.44. The van der Waals surface area contributed by atoms with E-state index in [1.54, 1.807) is 4.90 Å². The van der Waals surface area contributed by atoms with Crippen molar-refractivity contribution in [3.8, 4) is 0 Å². The van der Waals surface area contributed by atoms with Crippen molar-refractivity contribution in [3.63, 3.8) is 0 Å². The average Bonchev–Trinajstić information content (AvgIpc) is 2.79. The van der Waals surface area contributed by atoms with Gasteiger partial charge in [-0.05, 0) is 30.2 Å². The molecule has 23 heavy (non-hydrogen) atoms. The van der Waals surface area contributed by atoms with Gasteiger partial charge in [0.15, 0.2) is 0 Å². The van der Waals surface area contributed by atoms with E-state index < -0.39 is 5.79 Å². The number of hydrogen-bond acceptors (Lipinski definition) is 3. The molecule has 2 aromatic carbocycles. The third kappa shape index (κ3) is 2.34. The molecule has 2 heterocycles. The fourth-order valence-electron chi connectivity index (χ4n) is 3.18. The van der Waals surface area contributed by atoms with Crippen molar-refractivity contribution in [2.24, 2.45) is 0 Å². The van der Waals surface area contributed by atoms with E-state index in [1.807, 2.05) is 48.5 Å². The smallest absolute Gasteiger partial charge is 0.292 e. The third-order valence-electron chi connectivity index (χ3n) is 4.21. The number of hydrogen-bond donors (Lipinski definition) is 0. The Morgan fingerprint density at radius 3 is 2.65 bits per heavy atom. The minimum absolute atomic E-state index is 0.168. The van der Waals surface area contributed by atoms with E-state index >= 15 is 0 Å². The molecule has 0 atom stereocenters. The summed E-state index contributed by atoms with van der Waals surface area (Å²) < 4.78 is 11.6. The summed E-state index contributed by atoms with van der Waals surface area (Å²) in [5, 5.41) is 0.655. The van der Waals surface area contributed by atoms with E-state index in [2.05, 4.69) is 0 Å². The van der Waals surface area contributed by atoms with Crippen molar-refractivity contribution in [1.29, 1.82) is 0 Å². The monoisotopic (exact) mass is 329 g/mol. The van der Waals surface area contributed by atoms with Gasteiger partial charge in [0, 0.05) is 10.6 Å². The van der Waals surface area contributed by atoms with Gasteiger partial charge < -0.3 is 14.4 Å². The molecule has 4 rings (SSSR count). The molecular weight excluding hydrogens is 314 g/mol. The van der Waals surface area contributed by atoms with Gasteiger partial charge in [-0.2, -0.15) is 0 Å². The second kappa shape index (κ2) is 5.64. The Labute approximate surface area is 139 Å². The number of benzene rings is 2. The van der Waals surface area contributed by atoms with Crippen LogP contribution in [0.5, 0.6) is 0 Å². The van der Waals surface area contributed by atoms with Gasteiger partial charge >= 0.3 is 0 Å². The number of anilines is 1. The number of ether oxygens (including phenoxy) is 2. The predicted molar refractivity (Wildman–Crippen MR) is 87.3 cm³/mol. The zero-order valence-electron chi connectivity index (χ0n) is 12.5. The first-order chi connectivity index (χ1) is 11.2. The largest absolute Gasteiger partial charge is 0.338 e. The van der Waals surface area contributed by atoms with E-state index in [0.29, 0.717) is 24.8 Å². The van der Waals surface area contributed by atoms with E-state index in [-0.39, 0.29) is 5.91 Å². The summed E-state index contributed by atoms with van der Waals surface area (Å²) >= 11 is 6.06. The number of nitrogens with zero attached hydrogens (tertiary/aromatic N) is 1. The molecule has 0 radical (unpaired) electrons. The molecule has 0 N–H and O–H groups in total. The summed E-state index contributed by atoms with van der Waals surface area (Å²) in [6.45, 7) is 1.47. The van der Waals surface area contributed by atoms with E-state index in [4.69, 9.17) is 21.1 Å². The highest BCUT2D eigenvalue weighted by Crippen LogP contribution is 2.45. The summed E-state index contributed by atoms with van der Waals surface area (Å²) in [7, 11) is 0.